The van der Waals surface area contributed by atoms with Gasteiger partial charge in [-0.2, -0.15) is 0 Å². The monoisotopic (exact) mass is 1930 g/mol. The molecule has 16 rings (SSSR count). The second-order valence-electron chi connectivity index (χ2n) is 39.2. The second kappa shape index (κ2) is 35.6. The van der Waals surface area contributed by atoms with Crippen LogP contribution in [0.5, 0.6) is 0 Å². The number of aryl methyl sites for hydroxylation is 2. The molecule has 0 spiro atoms. The molecule has 0 unspecified atom stereocenters. The minimum Gasteiger partial charge on any atom is -0.444 e. The summed E-state index contributed by atoms with van der Waals surface area (Å²) in [7, 11) is -1.81. The molecule has 6 aliphatic heterocycles. The third-order valence-corrected chi connectivity index (χ3v) is 24.9. The highest BCUT2D eigenvalue weighted by Crippen LogP contribution is 2.45. The molecule has 0 saturated carbocycles. The van der Waals surface area contributed by atoms with Gasteiger partial charge >= 0.3 is 39.4 Å². The van der Waals surface area contributed by atoms with Gasteiger partial charge in [0, 0.05) is 117 Å². The molecule has 7 aromatic heterocycles. The number of aromatic amines is 3. The highest BCUT2D eigenvalue weighted by molar-refractivity contribution is 9.10. The van der Waals surface area contributed by atoms with Gasteiger partial charge in [0.15, 0.2) is 45.8 Å². The number of hydrogen-bond acceptors (Lipinski definition) is 20. The fraction of sp³-hybridized carbons (Fsp3) is 0.534. The number of hydrogen-bond donors (Lipinski definition) is 3. The zero-order valence-electron chi connectivity index (χ0n) is 76.5. The Kier molecular flexibility index (Phi) is 27.2. The molecule has 10 aromatic rings. The predicted octanol–water partition coefficient (Wildman–Crippen LogP) is 17.4. The van der Waals surface area contributed by atoms with Gasteiger partial charge in [0.25, 0.3) is 16.7 Å². The van der Waals surface area contributed by atoms with Crippen LogP contribution in [0.3, 0.4) is 0 Å². The summed E-state index contributed by atoms with van der Waals surface area (Å²) in [6, 6.07) is 10.4. The first-order valence-corrected chi connectivity index (χ1v) is 43.9. The van der Waals surface area contributed by atoms with Gasteiger partial charge in [0.1, 0.15) is 62.5 Å². The van der Waals surface area contributed by atoms with Crippen LogP contribution >= 0.6 is 31.9 Å². The first kappa shape index (κ1) is 98.7. The number of carbonyl (C=O) groups excluding carboxylic acids is 3. The summed E-state index contributed by atoms with van der Waals surface area (Å²) in [5.74, 6) is -3.97. The normalized spacial score (nSPS) is 19.4. The first-order valence-electron chi connectivity index (χ1n) is 42.3. The zero-order chi connectivity index (χ0) is 95.4. The molecule has 3 N–H and O–H groups in total. The van der Waals surface area contributed by atoms with Gasteiger partial charge in [-0.1, -0.05) is 15.9 Å². The standard InChI is InChI=1S/C26H26F3N5O3.C24H32BF2N3O5.C18H20BrF2N3O3.C12H24B2O4.C8H6BrFN2/c1-14-12-34-13-16(11-19(28)21(34)30-14)15-9-17-20(18(27)10-15)31-23(32-22(17)35)26(29)5-7-33(8-6-26)24(36)37-25(2,3)4;1-21(2,3)33-20(32)30-10-8-24(27,9-11-30)19-28-17-15(18(31)29-19)12-14(13-16(17)26)25-34-22(4,5)23(6,7)35-25;1-17(2,3)27-16(26)24-6-4-18(21,5-7-24)15-22-13-11(14(25)23-15)8-10(19)9-12(13)20;1-9(2)10(3,4)16-13(15-9)14-17-11(5,6)12(7,8)18-14;1-5-3-12-4-6(9)2-7(10)8(12)11-5/h9-13H,5-8H2,1-4H3,(H,31,32,35);12-13H,8-11H2,1-7H3,(H,28,29,31);8-9H,4-7H2,1-3H3,(H,22,23,25);1-8H3;2-4H,1H3. The molecule has 28 nitrogen and oxygen atoms in total. The van der Waals surface area contributed by atoms with Crippen LogP contribution in [0.4, 0.5) is 49.5 Å². The van der Waals surface area contributed by atoms with Crippen molar-refractivity contribution >= 4 is 121 Å². The Labute approximate surface area is 758 Å². The lowest BCUT2D eigenvalue weighted by atomic mass is 9.49. The summed E-state index contributed by atoms with van der Waals surface area (Å²) in [6.45, 7) is 43.5. The van der Waals surface area contributed by atoms with Gasteiger partial charge in [0.2, 0.25) is 0 Å². The molecule has 41 heteroatoms. The number of aromatic nitrogens is 10. The second-order valence-corrected chi connectivity index (χ2v) is 41.1. The number of alkyl halides is 3. The predicted molar refractivity (Wildman–Crippen MR) is 478 cm³/mol. The Hall–Kier alpha value is -9.38. The van der Waals surface area contributed by atoms with E-state index in [-0.39, 0.29) is 167 Å². The summed E-state index contributed by atoms with van der Waals surface area (Å²) in [4.78, 5) is 107. The number of amides is 3. The first-order chi connectivity index (χ1) is 59.4. The molecule has 129 heavy (non-hydrogen) atoms. The topological polar surface area (TPSA) is 316 Å². The van der Waals surface area contributed by atoms with Crippen molar-refractivity contribution in [3.63, 3.8) is 0 Å². The largest absolute Gasteiger partial charge is 0.494 e. The summed E-state index contributed by atoms with van der Waals surface area (Å²) >= 11 is 6.32. The lowest BCUT2D eigenvalue weighted by molar-refractivity contribution is -0.000943. The van der Waals surface area contributed by atoms with E-state index in [0.29, 0.717) is 31.3 Å². The van der Waals surface area contributed by atoms with Gasteiger partial charge < -0.3 is 80.6 Å². The van der Waals surface area contributed by atoms with Crippen molar-refractivity contribution in [2.45, 2.75) is 265 Å². The fourth-order valence-electron chi connectivity index (χ4n) is 14.8. The number of H-pyrrole nitrogens is 3. The van der Waals surface area contributed by atoms with E-state index in [0.717, 1.165) is 11.8 Å². The average molecular weight is 1930 g/mol. The van der Waals surface area contributed by atoms with Crippen molar-refractivity contribution < 1.29 is 91.6 Å². The molecule has 0 aliphatic carbocycles. The molecule has 694 valence electrons. The van der Waals surface area contributed by atoms with Crippen molar-refractivity contribution in [1.82, 2.24) is 63.4 Å². The van der Waals surface area contributed by atoms with Crippen LogP contribution in [0.15, 0.2) is 96.6 Å². The smallest absolute Gasteiger partial charge is 0.444 e. The third-order valence-electron chi connectivity index (χ3n) is 24.0. The van der Waals surface area contributed by atoms with Crippen molar-refractivity contribution in [2.75, 3.05) is 39.3 Å². The minimum absolute atomic E-state index is 0.0201. The molecule has 0 radical (unpaired) electrons. The Morgan fingerprint density at radius 2 is 0.682 bits per heavy atom. The number of pyridine rings is 2. The quantitative estimate of drug-likeness (QED) is 0.0791. The Bertz CT molecular complexity index is 6090. The molecule has 0 atom stereocenters. The van der Waals surface area contributed by atoms with Crippen molar-refractivity contribution in [2.24, 2.45) is 0 Å². The summed E-state index contributed by atoms with van der Waals surface area (Å²) in [6.07, 6.45) is 4.57. The maximum atomic E-state index is 15.9. The van der Waals surface area contributed by atoms with Crippen LogP contribution in [0.1, 0.15) is 213 Å². The number of fused-ring (bicyclic) bond motifs is 5. The number of halogens is 10. The third kappa shape index (κ3) is 21.7. The van der Waals surface area contributed by atoms with E-state index in [2.05, 4.69) is 71.7 Å². The number of benzene rings is 3. The van der Waals surface area contributed by atoms with E-state index in [1.165, 1.54) is 61.6 Å². The average Bonchev–Trinajstić information content (AvgIpc) is 1.62. The van der Waals surface area contributed by atoms with E-state index in [9.17, 15) is 41.9 Å². The Balaban J connectivity index is 0.000000153. The number of likely N-dealkylation sites (tertiary alicyclic amines) is 3. The van der Waals surface area contributed by atoms with Crippen LogP contribution in [-0.4, -0.2) is 192 Å². The van der Waals surface area contributed by atoms with Crippen LogP contribution in [-0.2, 0) is 59.1 Å². The summed E-state index contributed by atoms with van der Waals surface area (Å²) < 4.78 is 175. The van der Waals surface area contributed by atoms with Crippen LogP contribution in [0.2, 0.25) is 0 Å². The zero-order valence-corrected chi connectivity index (χ0v) is 79.7. The molecular formula is C88H108B3Br2F8N13O15. The van der Waals surface area contributed by atoms with Crippen LogP contribution < -0.4 is 22.1 Å². The number of nitrogens with zero attached hydrogens (tertiary/aromatic N) is 10. The van der Waals surface area contributed by atoms with E-state index in [1.54, 1.807) is 98.4 Å². The highest BCUT2D eigenvalue weighted by atomic mass is 79.9. The Morgan fingerprint density at radius 3 is 1.04 bits per heavy atom. The van der Waals surface area contributed by atoms with E-state index in [1.807, 2.05) is 90.0 Å². The molecule has 13 heterocycles. The maximum Gasteiger partial charge on any atom is 0.494 e. The molecular weight excluding hydrogens is 1820 g/mol. The molecule has 6 aliphatic rings. The SMILES string of the molecule is CC(C)(C)OC(=O)N1CCC(F)(c2nc3c(F)cc(B4OC(C)(C)C(C)(C)O4)cc3c(=O)[nH]2)CC1.CC(C)(C)OC(=O)N1CCC(F)(c2nc3c(F)cc(Br)cc3c(=O)[nH]2)CC1.CC1(C)OB(B2OC(C)(C)C(C)(C)O2)OC1(C)C.Cc1cn2cc(-c3cc(F)c4nc(C5(F)CCN(C(=O)OC(C)(C)C)CC5)[nH]c(=O)c4c3)cc(F)c2n1.Cc1cn2cc(Br)cc(F)c2n1. The minimum atomic E-state index is -2.05. The highest BCUT2D eigenvalue weighted by Gasteiger charge is 2.64. The Morgan fingerprint density at radius 1 is 0.388 bits per heavy atom. The van der Waals surface area contributed by atoms with Gasteiger partial charge in [-0.15, -0.1) is 0 Å². The molecule has 0 bridgehead atoms. The summed E-state index contributed by atoms with van der Waals surface area (Å²) in [5.41, 5.74) is -10.5. The van der Waals surface area contributed by atoms with E-state index >= 15 is 22.0 Å². The number of piperidine rings is 3. The number of imidazole rings is 2. The number of rotatable bonds is 6. The van der Waals surface area contributed by atoms with Gasteiger partial charge in [-0.3, -0.25) is 14.4 Å². The van der Waals surface area contributed by atoms with Crippen molar-refractivity contribution in [3.05, 3.63) is 171 Å². The molecule has 6 fully saturated rings. The van der Waals surface area contributed by atoms with Crippen molar-refractivity contribution in [1.29, 1.82) is 0 Å². The van der Waals surface area contributed by atoms with Crippen LogP contribution in [0.25, 0.3) is 55.1 Å². The van der Waals surface area contributed by atoms with Gasteiger partial charge in [0.05, 0.1) is 61.2 Å². The van der Waals surface area contributed by atoms with Gasteiger partial charge in [-0.05, 0) is 235 Å². The fourth-order valence-corrected chi connectivity index (χ4v) is 15.7. The lowest BCUT2D eigenvalue weighted by Gasteiger charge is -2.36. The van der Waals surface area contributed by atoms with E-state index in [4.69, 9.17) is 42.1 Å². The number of ether oxygens (including phenoxy) is 3. The molecule has 3 aromatic carbocycles. The van der Waals surface area contributed by atoms with Crippen LogP contribution in [0, 0.1) is 42.9 Å². The number of carbonyl (C=O) groups is 3. The maximum absolute atomic E-state index is 15.9. The summed E-state index contributed by atoms with van der Waals surface area (Å²) in [5, 5.41) is -0.0653. The van der Waals surface area contributed by atoms with Crippen molar-refractivity contribution in [3.8, 4) is 11.1 Å². The lowest BCUT2D eigenvalue weighted by Crippen LogP contribution is -2.46. The molecule has 3 amide bonds. The number of nitrogens with one attached hydrogen (secondary N) is 3. The van der Waals surface area contributed by atoms with Gasteiger partial charge in [-0.25, -0.2) is 74.4 Å². The van der Waals surface area contributed by atoms with E-state index < -0.39 is 124 Å². The molecule has 6 saturated heterocycles.